The topological polar surface area (TPSA) is 112 Å². The van der Waals surface area contributed by atoms with Gasteiger partial charge in [0.1, 0.15) is 12.2 Å². The minimum absolute atomic E-state index is 0.0493. The Labute approximate surface area is 161 Å². The number of aliphatic hydroxyl groups excluding tert-OH is 1. The van der Waals surface area contributed by atoms with Gasteiger partial charge in [-0.3, -0.25) is 4.79 Å². The van der Waals surface area contributed by atoms with E-state index in [1.165, 1.54) is 6.92 Å². The highest BCUT2D eigenvalue weighted by atomic mass is 16.7. The molecule has 4 heterocycles. The molecule has 2 spiro atoms. The third kappa shape index (κ3) is 1.20. The van der Waals surface area contributed by atoms with Crippen LogP contribution in [-0.2, 0) is 28.5 Å². The zero-order valence-corrected chi connectivity index (χ0v) is 16.2. The van der Waals surface area contributed by atoms with Gasteiger partial charge in [0, 0.05) is 0 Å². The monoisotopic (exact) mass is 392 g/mol. The van der Waals surface area contributed by atoms with Gasteiger partial charge in [-0.2, -0.15) is 0 Å². The van der Waals surface area contributed by atoms with Crippen molar-refractivity contribution >= 4 is 11.9 Å². The first kappa shape index (κ1) is 17.2. The molecule has 0 amide bonds. The Hall–Kier alpha value is -1.64. The molecule has 2 saturated carbocycles. The van der Waals surface area contributed by atoms with Gasteiger partial charge in [0.05, 0.1) is 23.0 Å². The van der Waals surface area contributed by atoms with E-state index < -0.39 is 64.5 Å². The first-order valence-corrected chi connectivity index (χ1v) is 9.84. The molecular weight excluding hydrogens is 368 g/mol. The molecule has 6 aliphatic rings. The van der Waals surface area contributed by atoms with E-state index in [0.717, 1.165) is 0 Å². The number of hydrogen-bond acceptors (Lipinski definition) is 8. The van der Waals surface area contributed by atoms with Gasteiger partial charge in [0.15, 0.2) is 11.7 Å². The number of carbonyl (C=O) groups is 2. The summed E-state index contributed by atoms with van der Waals surface area (Å²) in [6, 6.07) is 0. The molecule has 0 bridgehead atoms. The summed E-state index contributed by atoms with van der Waals surface area (Å²) < 4.78 is 23.3. The van der Waals surface area contributed by atoms with E-state index in [4.69, 9.17) is 18.9 Å². The van der Waals surface area contributed by atoms with Crippen LogP contribution in [0.1, 0.15) is 34.1 Å². The Kier molecular flexibility index (Phi) is 2.63. The minimum Gasteiger partial charge on any atom is -0.472 e. The van der Waals surface area contributed by atoms with Gasteiger partial charge < -0.3 is 29.2 Å². The maximum Gasteiger partial charge on any atom is 0.343 e. The van der Waals surface area contributed by atoms with Gasteiger partial charge in [-0.05, 0) is 30.8 Å². The number of ether oxygens (including phenoxy) is 4. The van der Waals surface area contributed by atoms with E-state index in [1.54, 1.807) is 6.26 Å². The first-order valence-electron chi connectivity index (χ1n) is 9.84. The molecule has 0 aromatic carbocycles. The highest BCUT2D eigenvalue weighted by Gasteiger charge is 3.01. The molecule has 6 rings (SSSR count). The van der Waals surface area contributed by atoms with Crippen LogP contribution in [0.3, 0.4) is 0 Å². The molecule has 8 heteroatoms. The Morgan fingerprint density at radius 2 is 1.93 bits per heavy atom. The molecule has 4 aliphatic heterocycles. The lowest BCUT2D eigenvalue weighted by atomic mass is 9.52. The van der Waals surface area contributed by atoms with Gasteiger partial charge in [0.2, 0.25) is 11.9 Å². The smallest absolute Gasteiger partial charge is 0.343 e. The SMILES string of the molecule is C[C@@H]1C(=O)O[C@H]2C(O)C34[C@H]5C[C@@H](C(C)(C)C)[C@@]36C=CO[C@H]6O[C@@]4(C(=O)O5)[C@@]12O. The standard InChI is InChI=1S/C20H24O8/c1-8-13(22)27-12-11(21)18-10-7-9(16(2,3)4)17(18)5-6-25-15(17)28-20(18,14(23)26-10)19(8,12)24/h5-6,8-12,15,21,24H,7H2,1-4H3/t8-,9+,10-,11?,12+,15+,17-,18?,19-,20-/m1/s1. The number of hydrogen-bond donors (Lipinski definition) is 2. The molecule has 3 saturated heterocycles. The van der Waals surface area contributed by atoms with Crippen molar-refractivity contribution in [1.82, 2.24) is 0 Å². The van der Waals surface area contributed by atoms with Crippen LogP contribution in [0, 0.1) is 28.1 Å². The molecule has 152 valence electrons. The lowest BCUT2D eigenvalue weighted by Gasteiger charge is -2.45. The molecule has 10 atom stereocenters. The van der Waals surface area contributed by atoms with Crippen LogP contribution in [0.15, 0.2) is 12.3 Å². The van der Waals surface area contributed by atoms with Crippen LogP contribution in [0.2, 0.25) is 0 Å². The second-order valence-electron chi connectivity index (χ2n) is 10.3. The van der Waals surface area contributed by atoms with Crippen molar-refractivity contribution in [2.45, 2.75) is 69.9 Å². The fourth-order valence-corrected chi connectivity index (χ4v) is 7.78. The summed E-state index contributed by atoms with van der Waals surface area (Å²) in [5, 5.41) is 23.4. The van der Waals surface area contributed by atoms with Crippen molar-refractivity contribution in [3.8, 4) is 0 Å². The Balaban J connectivity index is 1.70. The van der Waals surface area contributed by atoms with E-state index in [0.29, 0.717) is 6.42 Å². The van der Waals surface area contributed by atoms with Crippen LogP contribution in [0.25, 0.3) is 0 Å². The van der Waals surface area contributed by atoms with Crippen LogP contribution in [0.4, 0.5) is 0 Å². The first-order chi connectivity index (χ1) is 13.0. The lowest BCUT2D eigenvalue weighted by Crippen LogP contribution is -2.65. The van der Waals surface area contributed by atoms with Gasteiger partial charge in [-0.25, -0.2) is 4.79 Å². The van der Waals surface area contributed by atoms with Crippen LogP contribution >= 0.6 is 0 Å². The van der Waals surface area contributed by atoms with Crippen LogP contribution in [-0.4, -0.2) is 58.0 Å². The summed E-state index contributed by atoms with van der Waals surface area (Å²) in [5.74, 6) is -2.51. The van der Waals surface area contributed by atoms with E-state index in [-0.39, 0.29) is 11.3 Å². The molecule has 2 N–H and O–H groups in total. The van der Waals surface area contributed by atoms with Crippen molar-refractivity contribution in [2.24, 2.45) is 28.1 Å². The van der Waals surface area contributed by atoms with Crippen molar-refractivity contribution in [2.75, 3.05) is 0 Å². The third-order valence-corrected chi connectivity index (χ3v) is 8.64. The maximum atomic E-state index is 13.3. The summed E-state index contributed by atoms with van der Waals surface area (Å²) in [6.45, 7) is 7.78. The Morgan fingerprint density at radius 1 is 1.21 bits per heavy atom. The summed E-state index contributed by atoms with van der Waals surface area (Å²) in [4.78, 5) is 25.6. The third-order valence-electron chi connectivity index (χ3n) is 8.64. The number of carbonyl (C=O) groups excluding carboxylic acids is 2. The molecular formula is C20H24O8. The van der Waals surface area contributed by atoms with Crippen molar-refractivity contribution in [3.63, 3.8) is 0 Å². The summed E-state index contributed by atoms with van der Waals surface area (Å²) >= 11 is 0. The zero-order valence-electron chi connectivity index (χ0n) is 16.2. The number of esters is 2. The highest BCUT2D eigenvalue weighted by molar-refractivity contribution is 5.92. The van der Waals surface area contributed by atoms with E-state index in [9.17, 15) is 19.8 Å². The fraction of sp³-hybridized carbons (Fsp3) is 0.800. The van der Waals surface area contributed by atoms with Gasteiger partial charge in [-0.1, -0.05) is 20.8 Å². The largest absolute Gasteiger partial charge is 0.472 e. The summed E-state index contributed by atoms with van der Waals surface area (Å²) in [6.07, 6.45) is -0.173. The van der Waals surface area contributed by atoms with E-state index in [1.807, 2.05) is 6.08 Å². The molecule has 28 heavy (non-hydrogen) atoms. The van der Waals surface area contributed by atoms with Crippen molar-refractivity contribution in [1.29, 1.82) is 0 Å². The van der Waals surface area contributed by atoms with Crippen LogP contribution in [0.5, 0.6) is 0 Å². The normalized spacial score (nSPS) is 60.2. The molecule has 2 unspecified atom stereocenters. The van der Waals surface area contributed by atoms with Crippen LogP contribution < -0.4 is 0 Å². The predicted molar refractivity (Wildman–Crippen MR) is 90.1 cm³/mol. The average Bonchev–Trinajstić information content (AvgIpc) is 3.33. The fourth-order valence-electron chi connectivity index (χ4n) is 7.78. The second kappa shape index (κ2) is 4.27. The highest BCUT2D eigenvalue weighted by Crippen LogP contribution is 2.83. The summed E-state index contributed by atoms with van der Waals surface area (Å²) in [5.41, 5.74) is -6.34. The van der Waals surface area contributed by atoms with Crippen molar-refractivity contribution < 1.29 is 38.7 Å². The van der Waals surface area contributed by atoms with Crippen molar-refractivity contribution in [3.05, 3.63) is 12.3 Å². The second-order valence-corrected chi connectivity index (χ2v) is 10.3. The molecule has 8 nitrogen and oxygen atoms in total. The quantitative estimate of drug-likeness (QED) is 0.565. The minimum atomic E-state index is -2.03. The molecule has 2 aliphatic carbocycles. The molecule has 0 radical (unpaired) electrons. The number of rotatable bonds is 0. The van der Waals surface area contributed by atoms with Gasteiger partial charge in [0.25, 0.3) is 0 Å². The Bertz CT molecular complexity index is 861. The van der Waals surface area contributed by atoms with Gasteiger partial charge in [-0.15, -0.1) is 0 Å². The number of aliphatic hydroxyl groups is 2. The Morgan fingerprint density at radius 3 is 2.61 bits per heavy atom. The number of fused-ring (bicyclic) bond motifs is 1. The average molecular weight is 392 g/mol. The maximum absolute atomic E-state index is 13.3. The summed E-state index contributed by atoms with van der Waals surface area (Å²) in [7, 11) is 0. The predicted octanol–water partition coefficient (Wildman–Crippen LogP) is 0.257. The molecule has 5 fully saturated rings. The van der Waals surface area contributed by atoms with E-state index >= 15 is 0 Å². The molecule has 0 aromatic rings. The lowest BCUT2D eigenvalue weighted by molar-refractivity contribution is -0.236. The van der Waals surface area contributed by atoms with Gasteiger partial charge >= 0.3 is 11.9 Å². The molecule has 0 aromatic heterocycles. The van der Waals surface area contributed by atoms with E-state index in [2.05, 4.69) is 20.8 Å². The zero-order chi connectivity index (χ0) is 20.1.